The van der Waals surface area contributed by atoms with Gasteiger partial charge < -0.3 is 14.5 Å². The van der Waals surface area contributed by atoms with Crippen LogP contribution in [0.15, 0.2) is 10.6 Å². The molecular formula is C13H23N3O3. The van der Waals surface area contributed by atoms with Gasteiger partial charge in [-0.1, -0.05) is 0 Å². The molecule has 0 spiro atoms. The van der Waals surface area contributed by atoms with E-state index in [1.165, 1.54) is 0 Å². The molecule has 1 aromatic rings. The number of ether oxygens (including phenoxy) is 1. The van der Waals surface area contributed by atoms with E-state index in [4.69, 9.17) is 9.15 Å². The second kappa shape index (κ2) is 7.91. The summed E-state index contributed by atoms with van der Waals surface area (Å²) >= 11 is 0. The Morgan fingerprint density at radius 3 is 2.84 bits per heavy atom. The van der Waals surface area contributed by atoms with Gasteiger partial charge in [-0.3, -0.25) is 10.1 Å². The summed E-state index contributed by atoms with van der Waals surface area (Å²) in [6.07, 6.45) is 2.48. The Bertz CT molecular complexity index is 392. The Labute approximate surface area is 113 Å². The molecule has 0 aliphatic carbocycles. The number of carbonyl (C=O) groups is 1. The monoisotopic (exact) mass is 269 g/mol. The minimum Gasteiger partial charge on any atom is -0.444 e. The van der Waals surface area contributed by atoms with Crippen LogP contribution in [0.1, 0.15) is 38.0 Å². The van der Waals surface area contributed by atoms with Gasteiger partial charge >= 0.3 is 0 Å². The highest BCUT2D eigenvalue weighted by Crippen LogP contribution is 2.12. The maximum atomic E-state index is 11.8. The number of nitrogens with zero attached hydrogens (tertiary/aromatic N) is 1. The fourth-order valence-corrected chi connectivity index (χ4v) is 1.68. The number of rotatable bonds is 8. The van der Waals surface area contributed by atoms with Crippen LogP contribution in [0.2, 0.25) is 0 Å². The molecule has 0 aliphatic rings. The van der Waals surface area contributed by atoms with Crippen LogP contribution in [0.4, 0.5) is 0 Å². The molecule has 2 unspecified atom stereocenters. The number of aromatic nitrogens is 1. The molecule has 2 atom stereocenters. The number of methoxy groups -OCH3 is 1. The van der Waals surface area contributed by atoms with Crippen LogP contribution < -0.4 is 10.6 Å². The lowest BCUT2D eigenvalue weighted by atomic mass is 10.2. The fraction of sp³-hybridized carbons (Fsp3) is 0.692. The van der Waals surface area contributed by atoms with Crippen LogP contribution in [-0.2, 0) is 9.53 Å². The van der Waals surface area contributed by atoms with Gasteiger partial charge in [-0.2, -0.15) is 0 Å². The smallest absolute Gasteiger partial charge is 0.236 e. The molecule has 0 radical (unpaired) electrons. The van der Waals surface area contributed by atoms with Crippen LogP contribution in [0, 0.1) is 6.92 Å². The number of carbonyl (C=O) groups excluding carboxylic acids is 1. The van der Waals surface area contributed by atoms with Crippen LogP contribution in [-0.4, -0.2) is 37.2 Å². The lowest BCUT2D eigenvalue weighted by Gasteiger charge is -2.17. The standard InChI is InChI=1S/C13H23N3O3/c1-9-8-15-13(19-9)11(3)16-10(2)12(17)14-6-5-7-18-4/h8,10-11,16H,5-7H2,1-4H3,(H,14,17). The summed E-state index contributed by atoms with van der Waals surface area (Å²) in [6, 6.07) is -0.404. The summed E-state index contributed by atoms with van der Waals surface area (Å²) < 4.78 is 10.3. The molecule has 6 nitrogen and oxygen atoms in total. The summed E-state index contributed by atoms with van der Waals surface area (Å²) in [4.78, 5) is 15.9. The predicted molar refractivity (Wildman–Crippen MR) is 71.8 cm³/mol. The molecule has 0 bridgehead atoms. The molecule has 1 heterocycles. The van der Waals surface area contributed by atoms with Crippen molar-refractivity contribution in [3.8, 4) is 0 Å². The average Bonchev–Trinajstić information content (AvgIpc) is 2.81. The van der Waals surface area contributed by atoms with Gasteiger partial charge in [0.05, 0.1) is 18.3 Å². The number of aryl methyl sites for hydroxylation is 1. The number of nitrogens with one attached hydrogen (secondary N) is 2. The Kier molecular flexibility index (Phi) is 6.52. The second-order valence-corrected chi connectivity index (χ2v) is 4.56. The van der Waals surface area contributed by atoms with Gasteiger partial charge in [0.25, 0.3) is 0 Å². The molecule has 6 heteroatoms. The zero-order valence-electron chi connectivity index (χ0n) is 12.0. The van der Waals surface area contributed by atoms with Gasteiger partial charge in [-0.25, -0.2) is 4.98 Å². The summed E-state index contributed by atoms with van der Waals surface area (Å²) in [6.45, 7) is 6.84. The summed E-state index contributed by atoms with van der Waals surface area (Å²) in [5.74, 6) is 1.32. The number of hydrogen-bond acceptors (Lipinski definition) is 5. The number of amides is 1. The highest BCUT2D eigenvalue weighted by atomic mass is 16.5. The van der Waals surface area contributed by atoms with Gasteiger partial charge in [-0.05, 0) is 27.2 Å². The predicted octanol–water partition coefficient (Wildman–Crippen LogP) is 1.17. The first-order valence-corrected chi connectivity index (χ1v) is 6.49. The van der Waals surface area contributed by atoms with E-state index >= 15 is 0 Å². The normalized spacial score (nSPS) is 14.1. The van der Waals surface area contributed by atoms with E-state index in [0.717, 1.165) is 12.2 Å². The number of hydrogen-bond donors (Lipinski definition) is 2. The minimum atomic E-state index is -0.301. The third kappa shape index (κ3) is 5.40. The summed E-state index contributed by atoms with van der Waals surface area (Å²) in [5, 5.41) is 6.00. The van der Waals surface area contributed by atoms with E-state index in [1.54, 1.807) is 13.3 Å². The maximum Gasteiger partial charge on any atom is 0.236 e. The van der Waals surface area contributed by atoms with Crippen molar-refractivity contribution in [2.75, 3.05) is 20.3 Å². The first-order valence-electron chi connectivity index (χ1n) is 6.49. The lowest BCUT2D eigenvalue weighted by Crippen LogP contribution is -2.43. The van der Waals surface area contributed by atoms with E-state index in [2.05, 4.69) is 15.6 Å². The van der Waals surface area contributed by atoms with Gasteiger partial charge in [0.2, 0.25) is 11.8 Å². The fourth-order valence-electron chi connectivity index (χ4n) is 1.68. The molecule has 0 aliphatic heterocycles. The Hall–Kier alpha value is -1.40. The van der Waals surface area contributed by atoms with Crippen molar-refractivity contribution in [1.29, 1.82) is 0 Å². The molecule has 108 valence electrons. The zero-order valence-corrected chi connectivity index (χ0v) is 12.0. The van der Waals surface area contributed by atoms with E-state index in [9.17, 15) is 4.79 Å². The largest absolute Gasteiger partial charge is 0.444 e. The van der Waals surface area contributed by atoms with Gasteiger partial charge in [-0.15, -0.1) is 0 Å². The first kappa shape index (κ1) is 15.7. The van der Waals surface area contributed by atoms with E-state index < -0.39 is 0 Å². The van der Waals surface area contributed by atoms with Crippen molar-refractivity contribution in [1.82, 2.24) is 15.6 Å². The van der Waals surface area contributed by atoms with E-state index in [0.29, 0.717) is 19.0 Å². The maximum absolute atomic E-state index is 11.8. The van der Waals surface area contributed by atoms with Gasteiger partial charge in [0.15, 0.2) is 0 Å². The minimum absolute atomic E-state index is 0.0359. The summed E-state index contributed by atoms with van der Waals surface area (Å²) in [5.41, 5.74) is 0. The third-order valence-corrected chi connectivity index (χ3v) is 2.73. The molecule has 0 saturated heterocycles. The van der Waals surface area contributed by atoms with Gasteiger partial charge in [0, 0.05) is 20.3 Å². The average molecular weight is 269 g/mol. The van der Waals surface area contributed by atoms with Crippen LogP contribution >= 0.6 is 0 Å². The van der Waals surface area contributed by atoms with Crippen molar-refractivity contribution in [2.45, 2.75) is 39.3 Å². The molecule has 19 heavy (non-hydrogen) atoms. The van der Waals surface area contributed by atoms with E-state index in [1.807, 2.05) is 20.8 Å². The van der Waals surface area contributed by atoms with Gasteiger partial charge in [0.1, 0.15) is 5.76 Å². The van der Waals surface area contributed by atoms with Crippen molar-refractivity contribution in [3.05, 3.63) is 17.8 Å². The molecule has 1 rings (SSSR count). The van der Waals surface area contributed by atoms with Crippen molar-refractivity contribution in [3.63, 3.8) is 0 Å². The molecule has 0 fully saturated rings. The highest BCUT2D eigenvalue weighted by Gasteiger charge is 2.18. The number of oxazole rings is 1. The molecule has 2 N–H and O–H groups in total. The Morgan fingerprint density at radius 1 is 1.53 bits per heavy atom. The molecular weight excluding hydrogens is 246 g/mol. The Balaban J connectivity index is 2.33. The Morgan fingerprint density at radius 2 is 2.26 bits per heavy atom. The quantitative estimate of drug-likeness (QED) is 0.693. The van der Waals surface area contributed by atoms with Crippen LogP contribution in [0.5, 0.6) is 0 Å². The first-order chi connectivity index (χ1) is 9.04. The molecule has 1 aromatic heterocycles. The molecule has 0 saturated carbocycles. The van der Waals surface area contributed by atoms with Crippen LogP contribution in [0.3, 0.4) is 0 Å². The lowest BCUT2D eigenvalue weighted by molar-refractivity contribution is -0.123. The summed E-state index contributed by atoms with van der Waals surface area (Å²) in [7, 11) is 1.64. The van der Waals surface area contributed by atoms with Crippen molar-refractivity contribution < 1.29 is 13.9 Å². The SMILES string of the molecule is COCCCNC(=O)C(C)NC(C)c1ncc(C)o1. The third-order valence-electron chi connectivity index (χ3n) is 2.73. The second-order valence-electron chi connectivity index (χ2n) is 4.56. The van der Waals surface area contributed by atoms with Crippen LogP contribution in [0.25, 0.3) is 0 Å². The molecule has 1 amide bonds. The topological polar surface area (TPSA) is 76.4 Å². The highest BCUT2D eigenvalue weighted by molar-refractivity contribution is 5.81. The zero-order chi connectivity index (χ0) is 14.3. The van der Waals surface area contributed by atoms with Crippen molar-refractivity contribution in [2.24, 2.45) is 0 Å². The van der Waals surface area contributed by atoms with Crippen molar-refractivity contribution >= 4 is 5.91 Å². The van der Waals surface area contributed by atoms with E-state index in [-0.39, 0.29) is 18.0 Å². The molecule has 0 aromatic carbocycles.